The highest BCUT2D eigenvalue weighted by Gasteiger charge is 2.24. The molecule has 10 heteroatoms. The molecule has 0 aliphatic carbocycles. The van der Waals surface area contributed by atoms with Crippen molar-refractivity contribution in [2.24, 2.45) is 0 Å². The number of amides is 1. The van der Waals surface area contributed by atoms with Gasteiger partial charge in [0.1, 0.15) is 16.9 Å². The second-order valence-corrected chi connectivity index (χ2v) is 9.34. The van der Waals surface area contributed by atoms with Crippen LogP contribution in [-0.2, 0) is 10.7 Å². The van der Waals surface area contributed by atoms with E-state index in [4.69, 9.17) is 11.6 Å². The molecule has 0 unspecified atom stereocenters. The summed E-state index contributed by atoms with van der Waals surface area (Å²) in [4.78, 5) is 48.0. The normalized spacial score (nSPS) is 11.3. The number of hydrogen-bond acceptors (Lipinski definition) is 5. The SMILES string of the molecule is CC(=O)c1cc(Cl)ccc1NC(=O)c1nc(CP(=O)(O)O)sc1-c1ccccc1. The number of carbonyl (C=O) groups is 2. The first-order chi connectivity index (χ1) is 13.6. The van der Waals surface area contributed by atoms with Crippen molar-refractivity contribution in [3.63, 3.8) is 0 Å². The van der Waals surface area contributed by atoms with Gasteiger partial charge in [0.2, 0.25) is 0 Å². The molecular formula is C19H16ClN2O5PS. The van der Waals surface area contributed by atoms with Gasteiger partial charge in [-0.2, -0.15) is 0 Å². The summed E-state index contributed by atoms with van der Waals surface area (Å²) in [5.74, 6) is -0.867. The molecule has 3 rings (SSSR count). The Labute approximate surface area is 175 Å². The predicted octanol–water partition coefficient (Wildman–Crippen LogP) is 4.60. The summed E-state index contributed by atoms with van der Waals surface area (Å²) in [6.45, 7) is 1.36. The molecule has 1 aromatic heterocycles. The Bertz CT molecular complexity index is 1130. The first-order valence-electron chi connectivity index (χ1n) is 8.35. The maximum atomic E-state index is 12.9. The van der Waals surface area contributed by atoms with E-state index in [1.807, 2.05) is 6.07 Å². The number of aromatic nitrogens is 1. The molecule has 0 atom stereocenters. The second-order valence-electron chi connectivity index (χ2n) is 6.17. The third-order valence-corrected chi connectivity index (χ3v) is 6.14. The fourth-order valence-electron chi connectivity index (χ4n) is 2.65. The van der Waals surface area contributed by atoms with Gasteiger partial charge in [-0.25, -0.2) is 4.98 Å². The lowest BCUT2D eigenvalue weighted by atomic mass is 10.1. The first-order valence-corrected chi connectivity index (χ1v) is 11.3. The van der Waals surface area contributed by atoms with E-state index in [0.717, 1.165) is 11.3 Å². The number of nitrogens with zero attached hydrogens (tertiary/aromatic N) is 1. The minimum Gasteiger partial charge on any atom is -0.324 e. The summed E-state index contributed by atoms with van der Waals surface area (Å²) in [7, 11) is -4.35. The molecular weight excluding hydrogens is 435 g/mol. The van der Waals surface area contributed by atoms with Gasteiger partial charge < -0.3 is 15.1 Å². The molecule has 0 bridgehead atoms. The highest BCUT2D eigenvalue weighted by atomic mass is 35.5. The van der Waals surface area contributed by atoms with Crippen LogP contribution in [0.4, 0.5) is 5.69 Å². The number of thiazole rings is 1. The van der Waals surface area contributed by atoms with Gasteiger partial charge in [0.05, 0.1) is 10.6 Å². The molecule has 3 N–H and O–H groups in total. The maximum absolute atomic E-state index is 12.9. The van der Waals surface area contributed by atoms with Crippen LogP contribution in [0.1, 0.15) is 32.8 Å². The lowest BCUT2D eigenvalue weighted by molar-refractivity contribution is 0.101. The van der Waals surface area contributed by atoms with E-state index in [2.05, 4.69) is 10.3 Å². The van der Waals surface area contributed by atoms with Gasteiger partial charge in [0.25, 0.3) is 5.91 Å². The molecule has 0 spiro atoms. The fraction of sp³-hybridized carbons (Fsp3) is 0.105. The number of halogens is 1. The molecule has 0 fully saturated rings. The van der Waals surface area contributed by atoms with Crippen molar-refractivity contribution < 1.29 is 23.9 Å². The first kappa shape index (κ1) is 21.4. The average Bonchev–Trinajstić information content (AvgIpc) is 3.05. The molecule has 0 saturated heterocycles. The fourth-order valence-corrected chi connectivity index (χ4v) is 4.87. The summed E-state index contributed by atoms with van der Waals surface area (Å²) < 4.78 is 11.4. The van der Waals surface area contributed by atoms with Crippen molar-refractivity contribution in [3.05, 3.63) is 69.8 Å². The molecule has 0 saturated carbocycles. The number of anilines is 1. The summed E-state index contributed by atoms with van der Waals surface area (Å²) in [5.41, 5.74) is 1.23. The van der Waals surface area contributed by atoms with E-state index >= 15 is 0 Å². The largest absolute Gasteiger partial charge is 0.332 e. The van der Waals surface area contributed by atoms with Crippen molar-refractivity contribution in [3.8, 4) is 10.4 Å². The topological polar surface area (TPSA) is 117 Å². The monoisotopic (exact) mass is 450 g/mol. The summed E-state index contributed by atoms with van der Waals surface area (Å²) in [6, 6.07) is 13.4. The highest BCUT2D eigenvalue weighted by Crippen LogP contribution is 2.42. The molecule has 7 nitrogen and oxygen atoms in total. The van der Waals surface area contributed by atoms with Crippen LogP contribution in [0, 0.1) is 0 Å². The standard InChI is InChI=1S/C19H16ClN2O5PS/c1-11(23)14-9-13(20)7-8-15(14)21-19(24)17-18(12-5-3-2-4-6-12)29-16(22-17)10-28(25,26)27/h2-9H,10H2,1H3,(H,21,24)(H2,25,26,27). The van der Waals surface area contributed by atoms with Crippen LogP contribution in [0.2, 0.25) is 5.02 Å². The third kappa shape index (κ3) is 5.38. The molecule has 150 valence electrons. The Kier molecular flexibility index (Phi) is 6.31. The quantitative estimate of drug-likeness (QED) is 0.373. The van der Waals surface area contributed by atoms with E-state index in [1.165, 1.54) is 19.1 Å². The molecule has 29 heavy (non-hydrogen) atoms. The lowest BCUT2D eigenvalue weighted by Gasteiger charge is -2.09. The van der Waals surface area contributed by atoms with Crippen molar-refractivity contribution in [1.82, 2.24) is 4.98 Å². The smallest absolute Gasteiger partial charge is 0.324 e. The minimum atomic E-state index is -4.35. The summed E-state index contributed by atoms with van der Waals surface area (Å²) >= 11 is 6.97. The molecule has 2 aromatic carbocycles. The molecule has 3 aromatic rings. The maximum Gasteiger partial charge on any atom is 0.332 e. The van der Waals surface area contributed by atoms with E-state index in [0.29, 0.717) is 15.5 Å². The Morgan fingerprint density at radius 1 is 1.17 bits per heavy atom. The van der Waals surface area contributed by atoms with Crippen molar-refractivity contribution in [1.29, 1.82) is 0 Å². The number of ketones is 1. The second kappa shape index (κ2) is 8.57. The van der Waals surface area contributed by atoms with Gasteiger partial charge in [0.15, 0.2) is 5.78 Å². The Balaban J connectivity index is 2.02. The number of Topliss-reactive ketones (excluding diaryl/α,β-unsaturated/α-hetero) is 1. The Morgan fingerprint density at radius 2 is 1.86 bits per heavy atom. The van der Waals surface area contributed by atoms with Crippen LogP contribution < -0.4 is 5.32 Å². The zero-order valence-electron chi connectivity index (χ0n) is 15.1. The molecule has 1 amide bonds. The zero-order chi connectivity index (χ0) is 21.2. The predicted molar refractivity (Wildman–Crippen MR) is 113 cm³/mol. The van der Waals surface area contributed by atoms with Gasteiger partial charge in [0, 0.05) is 10.6 Å². The summed E-state index contributed by atoms with van der Waals surface area (Å²) in [5, 5.41) is 3.15. The number of carbonyl (C=O) groups excluding carboxylic acids is 2. The zero-order valence-corrected chi connectivity index (χ0v) is 17.6. The molecule has 0 aliphatic heterocycles. The van der Waals surface area contributed by atoms with Crippen molar-refractivity contribution in [2.45, 2.75) is 13.1 Å². The van der Waals surface area contributed by atoms with Crippen LogP contribution in [-0.4, -0.2) is 26.5 Å². The highest BCUT2D eigenvalue weighted by molar-refractivity contribution is 7.51. The van der Waals surface area contributed by atoms with Crippen LogP contribution in [0.3, 0.4) is 0 Å². The minimum absolute atomic E-state index is 0.0223. The van der Waals surface area contributed by atoms with Gasteiger partial charge in [-0.3, -0.25) is 14.2 Å². The van der Waals surface area contributed by atoms with Crippen LogP contribution in [0.15, 0.2) is 48.5 Å². The van der Waals surface area contributed by atoms with Gasteiger partial charge in [-0.15, -0.1) is 11.3 Å². The number of hydrogen-bond donors (Lipinski definition) is 3. The van der Waals surface area contributed by atoms with E-state index in [9.17, 15) is 23.9 Å². The van der Waals surface area contributed by atoms with E-state index in [-0.39, 0.29) is 27.7 Å². The molecule has 1 heterocycles. The number of nitrogens with one attached hydrogen (secondary N) is 1. The number of benzene rings is 2. The van der Waals surface area contributed by atoms with Gasteiger partial charge >= 0.3 is 7.60 Å². The number of rotatable bonds is 6. The van der Waals surface area contributed by atoms with Crippen LogP contribution in [0.25, 0.3) is 10.4 Å². The third-order valence-electron chi connectivity index (χ3n) is 3.87. The van der Waals surface area contributed by atoms with Gasteiger partial charge in [-0.05, 0) is 30.7 Å². The Hall–Kier alpha value is -2.35. The van der Waals surface area contributed by atoms with Crippen LogP contribution in [0.5, 0.6) is 0 Å². The Morgan fingerprint density at radius 3 is 2.48 bits per heavy atom. The lowest BCUT2D eigenvalue weighted by Crippen LogP contribution is -2.15. The van der Waals surface area contributed by atoms with E-state index < -0.39 is 19.7 Å². The van der Waals surface area contributed by atoms with Gasteiger partial charge in [-0.1, -0.05) is 41.9 Å². The van der Waals surface area contributed by atoms with E-state index in [1.54, 1.807) is 30.3 Å². The molecule has 0 aliphatic rings. The average molecular weight is 451 g/mol. The van der Waals surface area contributed by atoms with Crippen LogP contribution >= 0.6 is 30.5 Å². The summed E-state index contributed by atoms with van der Waals surface area (Å²) in [6.07, 6.45) is -0.565. The van der Waals surface area contributed by atoms with Crippen molar-refractivity contribution in [2.75, 3.05) is 5.32 Å². The van der Waals surface area contributed by atoms with Crippen molar-refractivity contribution >= 4 is 47.9 Å². The molecule has 0 radical (unpaired) electrons.